The molecule has 3 heterocycles. The minimum Gasteiger partial charge on any atom is -0.306 e. The van der Waals surface area contributed by atoms with Crippen molar-refractivity contribution in [3.05, 3.63) is 45.9 Å². The molecular weight excluding hydrogens is 268 g/mol. The third-order valence-electron chi connectivity index (χ3n) is 3.58. The van der Waals surface area contributed by atoms with E-state index in [4.69, 9.17) is 0 Å². The van der Waals surface area contributed by atoms with Crippen LogP contribution in [0.4, 0.5) is 0 Å². The minimum atomic E-state index is 0.354. The van der Waals surface area contributed by atoms with Gasteiger partial charge in [0, 0.05) is 31.2 Å². The number of hydrogen-bond acceptors (Lipinski definition) is 4. The Labute approximate surface area is 122 Å². The highest BCUT2D eigenvalue weighted by Crippen LogP contribution is 2.18. The molecule has 0 amide bonds. The van der Waals surface area contributed by atoms with Crippen molar-refractivity contribution in [3.8, 4) is 0 Å². The maximum absolute atomic E-state index is 4.50. The summed E-state index contributed by atoms with van der Waals surface area (Å²) >= 11 is 1.73. The van der Waals surface area contributed by atoms with Crippen molar-refractivity contribution >= 4 is 22.4 Å². The zero-order chi connectivity index (χ0) is 14.1. The average Bonchev–Trinajstić information content (AvgIpc) is 3.06. The zero-order valence-electron chi connectivity index (χ0n) is 11.9. The summed E-state index contributed by atoms with van der Waals surface area (Å²) in [5.41, 5.74) is 4.50. The highest BCUT2D eigenvalue weighted by molar-refractivity contribution is 7.07. The molecule has 0 aliphatic heterocycles. The number of thiophene rings is 1. The predicted molar refractivity (Wildman–Crippen MR) is 82.8 cm³/mol. The second kappa shape index (κ2) is 5.34. The van der Waals surface area contributed by atoms with Crippen LogP contribution in [0, 0.1) is 6.92 Å². The smallest absolute Gasteiger partial charge is 0.157 e. The fourth-order valence-corrected chi connectivity index (χ4v) is 3.11. The van der Waals surface area contributed by atoms with E-state index in [1.54, 1.807) is 11.3 Å². The fourth-order valence-electron chi connectivity index (χ4n) is 2.36. The largest absolute Gasteiger partial charge is 0.306 e. The molecule has 3 rings (SSSR count). The van der Waals surface area contributed by atoms with E-state index >= 15 is 0 Å². The van der Waals surface area contributed by atoms with Crippen molar-refractivity contribution < 1.29 is 0 Å². The summed E-state index contributed by atoms with van der Waals surface area (Å²) in [6.45, 7) is 5.02. The summed E-state index contributed by atoms with van der Waals surface area (Å²) in [5.74, 6) is 0. The van der Waals surface area contributed by atoms with E-state index in [0.29, 0.717) is 6.04 Å². The first-order valence-electron chi connectivity index (χ1n) is 6.69. The van der Waals surface area contributed by atoms with Crippen LogP contribution in [-0.4, -0.2) is 14.8 Å². The lowest BCUT2D eigenvalue weighted by Crippen LogP contribution is -2.17. The summed E-state index contributed by atoms with van der Waals surface area (Å²) in [6.07, 6.45) is 1.93. The zero-order valence-corrected chi connectivity index (χ0v) is 12.7. The first-order chi connectivity index (χ1) is 9.65. The Bertz CT molecular complexity index is 715. The summed E-state index contributed by atoms with van der Waals surface area (Å²) in [5, 5.41) is 13.4. The normalized spacial score (nSPS) is 12.9. The van der Waals surface area contributed by atoms with Gasteiger partial charge in [0.15, 0.2) is 5.65 Å². The third kappa shape index (κ3) is 2.46. The Balaban J connectivity index is 1.76. The summed E-state index contributed by atoms with van der Waals surface area (Å²) in [4.78, 5) is 4.50. The van der Waals surface area contributed by atoms with E-state index in [1.165, 1.54) is 11.1 Å². The number of fused-ring (bicyclic) bond motifs is 1. The Morgan fingerprint density at radius 3 is 3.05 bits per heavy atom. The number of nitrogens with one attached hydrogen (secondary N) is 1. The standard InChI is InChI=1S/C15H18N4S/c1-10(13-4-5-20-9-13)16-7-12-6-14-11(2)18-19(3)15(14)17-8-12/h4-6,8-10,16H,7H2,1-3H3. The van der Waals surface area contributed by atoms with Gasteiger partial charge >= 0.3 is 0 Å². The summed E-state index contributed by atoms with van der Waals surface area (Å²) in [7, 11) is 1.93. The van der Waals surface area contributed by atoms with Crippen LogP contribution < -0.4 is 5.32 Å². The molecule has 0 aliphatic rings. The van der Waals surface area contributed by atoms with Crippen LogP contribution in [0.15, 0.2) is 29.1 Å². The maximum atomic E-state index is 4.50. The summed E-state index contributed by atoms with van der Waals surface area (Å²) in [6, 6.07) is 4.69. The molecule has 1 unspecified atom stereocenters. The van der Waals surface area contributed by atoms with Crippen molar-refractivity contribution in [1.29, 1.82) is 0 Å². The van der Waals surface area contributed by atoms with Crippen molar-refractivity contribution in [2.75, 3.05) is 0 Å². The molecule has 1 atom stereocenters. The second-order valence-corrected chi connectivity index (χ2v) is 5.86. The van der Waals surface area contributed by atoms with Crippen LogP contribution in [0.2, 0.25) is 0 Å². The first kappa shape index (κ1) is 13.3. The van der Waals surface area contributed by atoms with E-state index in [-0.39, 0.29) is 0 Å². The SMILES string of the molecule is Cc1nn(C)c2ncc(CNC(C)c3ccsc3)cc12. The van der Waals surface area contributed by atoms with E-state index in [0.717, 1.165) is 23.3 Å². The predicted octanol–water partition coefficient (Wildman–Crippen LogP) is 3.19. The lowest BCUT2D eigenvalue weighted by atomic mass is 10.1. The molecule has 0 aromatic carbocycles. The third-order valence-corrected chi connectivity index (χ3v) is 4.28. The second-order valence-electron chi connectivity index (χ2n) is 5.08. The lowest BCUT2D eigenvalue weighted by Gasteiger charge is -2.12. The maximum Gasteiger partial charge on any atom is 0.157 e. The van der Waals surface area contributed by atoms with Crippen molar-refractivity contribution in [2.24, 2.45) is 7.05 Å². The molecule has 3 aromatic rings. The number of aryl methyl sites for hydroxylation is 2. The number of aromatic nitrogens is 3. The Morgan fingerprint density at radius 2 is 2.30 bits per heavy atom. The van der Waals surface area contributed by atoms with E-state index in [2.05, 4.69) is 45.2 Å². The van der Waals surface area contributed by atoms with Gasteiger partial charge in [0.25, 0.3) is 0 Å². The Morgan fingerprint density at radius 1 is 1.45 bits per heavy atom. The van der Waals surface area contributed by atoms with Gasteiger partial charge in [-0.1, -0.05) is 0 Å². The number of nitrogens with zero attached hydrogens (tertiary/aromatic N) is 3. The minimum absolute atomic E-state index is 0.354. The van der Waals surface area contributed by atoms with Crippen LogP contribution >= 0.6 is 11.3 Å². The van der Waals surface area contributed by atoms with Crippen LogP contribution in [-0.2, 0) is 13.6 Å². The fraction of sp³-hybridized carbons (Fsp3) is 0.333. The van der Waals surface area contributed by atoms with Crippen molar-refractivity contribution in [3.63, 3.8) is 0 Å². The lowest BCUT2D eigenvalue weighted by molar-refractivity contribution is 0.575. The molecule has 0 saturated carbocycles. The van der Waals surface area contributed by atoms with Crippen LogP contribution in [0.25, 0.3) is 11.0 Å². The molecule has 0 fully saturated rings. The highest BCUT2D eigenvalue weighted by Gasteiger charge is 2.08. The number of pyridine rings is 1. The van der Waals surface area contributed by atoms with Gasteiger partial charge in [-0.2, -0.15) is 16.4 Å². The highest BCUT2D eigenvalue weighted by atomic mass is 32.1. The Hall–Kier alpha value is -1.72. The molecule has 20 heavy (non-hydrogen) atoms. The van der Waals surface area contributed by atoms with Crippen LogP contribution in [0.3, 0.4) is 0 Å². The molecule has 0 radical (unpaired) electrons. The van der Waals surface area contributed by atoms with Gasteiger partial charge in [-0.3, -0.25) is 4.68 Å². The topological polar surface area (TPSA) is 42.7 Å². The molecule has 0 aliphatic carbocycles. The quantitative estimate of drug-likeness (QED) is 0.801. The molecule has 1 N–H and O–H groups in total. The van der Waals surface area contributed by atoms with Crippen molar-refractivity contribution in [2.45, 2.75) is 26.4 Å². The monoisotopic (exact) mass is 286 g/mol. The molecule has 3 aromatic heterocycles. The van der Waals surface area contributed by atoms with E-state index in [1.807, 2.05) is 24.9 Å². The molecular formula is C15H18N4S. The Kier molecular flexibility index (Phi) is 3.54. The molecule has 5 heteroatoms. The van der Waals surface area contributed by atoms with Crippen LogP contribution in [0.5, 0.6) is 0 Å². The van der Waals surface area contributed by atoms with Gasteiger partial charge in [-0.05, 0) is 47.9 Å². The van der Waals surface area contributed by atoms with E-state index < -0.39 is 0 Å². The molecule has 104 valence electrons. The van der Waals surface area contributed by atoms with Gasteiger partial charge in [0.05, 0.1) is 5.69 Å². The number of hydrogen-bond donors (Lipinski definition) is 1. The molecule has 0 spiro atoms. The van der Waals surface area contributed by atoms with Gasteiger partial charge < -0.3 is 5.32 Å². The number of rotatable bonds is 4. The summed E-state index contributed by atoms with van der Waals surface area (Å²) < 4.78 is 1.83. The van der Waals surface area contributed by atoms with Gasteiger partial charge in [-0.15, -0.1) is 0 Å². The molecule has 4 nitrogen and oxygen atoms in total. The first-order valence-corrected chi connectivity index (χ1v) is 7.63. The van der Waals surface area contributed by atoms with Gasteiger partial charge in [0.1, 0.15) is 0 Å². The van der Waals surface area contributed by atoms with Gasteiger partial charge in [-0.25, -0.2) is 4.98 Å². The van der Waals surface area contributed by atoms with Crippen LogP contribution in [0.1, 0.15) is 29.8 Å². The van der Waals surface area contributed by atoms with Crippen molar-refractivity contribution in [1.82, 2.24) is 20.1 Å². The molecule has 0 bridgehead atoms. The molecule has 0 saturated heterocycles. The van der Waals surface area contributed by atoms with Gasteiger partial charge in [0.2, 0.25) is 0 Å². The average molecular weight is 286 g/mol. The van der Waals surface area contributed by atoms with E-state index in [9.17, 15) is 0 Å².